The van der Waals surface area contributed by atoms with E-state index in [9.17, 15) is 14.9 Å². The third kappa shape index (κ3) is 5.77. The first-order chi connectivity index (χ1) is 16.5. The van der Waals surface area contributed by atoms with Crippen LogP contribution in [0.25, 0.3) is 16.3 Å². The normalized spacial score (nSPS) is 14.5. The van der Waals surface area contributed by atoms with E-state index >= 15 is 0 Å². The predicted octanol–water partition coefficient (Wildman–Crippen LogP) is 3.98. The SMILES string of the molecule is CCOc1cccc2sc(N(CCN3CCOCC3)C(=O)/C=C/c3cccc([N+](=O)[O-])c3)nc12. The number of amides is 1. The van der Waals surface area contributed by atoms with E-state index in [-0.39, 0.29) is 11.6 Å². The van der Waals surface area contributed by atoms with Gasteiger partial charge in [-0.2, -0.15) is 0 Å². The second-order valence-corrected chi connectivity index (χ2v) is 8.67. The maximum atomic E-state index is 13.3. The number of carbonyl (C=O) groups excluding carboxylic acids is 1. The van der Waals surface area contributed by atoms with E-state index in [0.29, 0.717) is 49.4 Å². The number of non-ortho nitro benzene ring substituents is 1. The Morgan fingerprint density at radius 3 is 2.85 bits per heavy atom. The molecular formula is C24H26N4O5S. The quantitative estimate of drug-likeness (QED) is 0.258. The summed E-state index contributed by atoms with van der Waals surface area (Å²) in [6, 6.07) is 11.9. The van der Waals surface area contributed by atoms with Crippen molar-refractivity contribution in [1.82, 2.24) is 9.88 Å². The van der Waals surface area contributed by atoms with Gasteiger partial charge in [0.2, 0.25) is 0 Å². The number of benzene rings is 2. The summed E-state index contributed by atoms with van der Waals surface area (Å²) in [5.74, 6) is 0.451. The second-order valence-electron chi connectivity index (χ2n) is 7.66. The lowest BCUT2D eigenvalue weighted by Gasteiger charge is -2.28. The molecule has 0 bridgehead atoms. The lowest BCUT2D eigenvalue weighted by atomic mass is 10.2. The molecule has 3 aromatic rings. The fourth-order valence-electron chi connectivity index (χ4n) is 3.66. The van der Waals surface area contributed by atoms with Crippen molar-refractivity contribution in [3.8, 4) is 5.75 Å². The van der Waals surface area contributed by atoms with E-state index < -0.39 is 4.92 Å². The summed E-state index contributed by atoms with van der Waals surface area (Å²) in [6.07, 6.45) is 3.03. The number of anilines is 1. The van der Waals surface area contributed by atoms with Gasteiger partial charge in [-0.25, -0.2) is 4.98 Å². The zero-order valence-electron chi connectivity index (χ0n) is 18.9. The number of nitro groups is 1. The molecule has 0 saturated carbocycles. The lowest BCUT2D eigenvalue weighted by Crippen LogP contribution is -2.42. The summed E-state index contributed by atoms with van der Waals surface area (Å²) >= 11 is 1.44. The number of carbonyl (C=O) groups is 1. The Hall–Kier alpha value is -3.34. The summed E-state index contributed by atoms with van der Waals surface area (Å²) in [6.45, 7) is 6.59. The van der Waals surface area contributed by atoms with Gasteiger partial charge in [0.15, 0.2) is 5.13 Å². The van der Waals surface area contributed by atoms with Crippen LogP contribution in [-0.2, 0) is 9.53 Å². The zero-order chi connectivity index (χ0) is 23.9. The van der Waals surface area contributed by atoms with Gasteiger partial charge in [-0.05, 0) is 30.7 Å². The molecule has 0 spiro atoms. The van der Waals surface area contributed by atoms with Crippen LogP contribution in [0.5, 0.6) is 5.75 Å². The maximum Gasteiger partial charge on any atom is 0.270 e. The summed E-state index contributed by atoms with van der Waals surface area (Å²) < 4.78 is 12.1. The zero-order valence-corrected chi connectivity index (χ0v) is 19.7. The molecule has 1 fully saturated rings. The van der Waals surface area contributed by atoms with Crippen molar-refractivity contribution in [1.29, 1.82) is 0 Å². The van der Waals surface area contributed by atoms with Crippen LogP contribution in [0, 0.1) is 10.1 Å². The van der Waals surface area contributed by atoms with Gasteiger partial charge in [-0.1, -0.05) is 29.5 Å². The van der Waals surface area contributed by atoms with Gasteiger partial charge < -0.3 is 9.47 Å². The standard InChI is InChI=1S/C24H26N4O5S/c1-2-33-20-7-4-8-21-23(20)25-24(34-21)27(12-11-26-13-15-32-16-14-26)22(29)10-9-18-5-3-6-19(17-18)28(30)31/h3-10,17H,2,11-16H2,1H3/b10-9+. The van der Waals surface area contributed by atoms with Gasteiger partial charge in [-0.15, -0.1) is 0 Å². The van der Waals surface area contributed by atoms with Gasteiger partial charge in [-0.3, -0.25) is 24.7 Å². The fraction of sp³-hybridized carbons (Fsp3) is 0.333. The number of fused-ring (bicyclic) bond motifs is 1. The Kier molecular flexibility index (Phi) is 7.84. The monoisotopic (exact) mass is 482 g/mol. The number of para-hydroxylation sites is 1. The molecule has 0 unspecified atom stereocenters. The summed E-state index contributed by atoms with van der Waals surface area (Å²) in [4.78, 5) is 32.5. The number of hydrogen-bond acceptors (Lipinski definition) is 8. The molecule has 178 valence electrons. The number of rotatable bonds is 9. The highest BCUT2D eigenvalue weighted by Gasteiger charge is 2.21. The number of nitrogens with zero attached hydrogens (tertiary/aromatic N) is 4. The van der Waals surface area contributed by atoms with E-state index in [4.69, 9.17) is 14.5 Å². The molecule has 0 atom stereocenters. The first-order valence-corrected chi connectivity index (χ1v) is 11.9. The van der Waals surface area contributed by atoms with Crippen LogP contribution in [0.15, 0.2) is 48.5 Å². The largest absolute Gasteiger partial charge is 0.492 e. The van der Waals surface area contributed by atoms with Crippen LogP contribution in [0.1, 0.15) is 12.5 Å². The minimum Gasteiger partial charge on any atom is -0.492 e. The van der Waals surface area contributed by atoms with Gasteiger partial charge in [0.25, 0.3) is 11.6 Å². The highest BCUT2D eigenvalue weighted by atomic mass is 32.1. The molecule has 4 rings (SSSR count). The van der Waals surface area contributed by atoms with E-state index in [1.165, 1.54) is 29.5 Å². The Balaban J connectivity index is 1.60. The molecule has 2 heterocycles. The van der Waals surface area contributed by atoms with Gasteiger partial charge in [0.1, 0.15) is 11.3 Å². The number of thiazole rings is 1. The first kappa shape index (κ1) is 23.8. The van der Waals surface area contributed by atoms with Crippen molar-refractivity contribution in [3.63, 3.8) is 0 Å². The highest BCUT2D eigenvalue weighted by molar-refractivity contribution is 7.22. The average molecular weight is 483 g/mol. The minimum atomic E-state index is -0.453. The number of ether oxygens (including phenoxy) is 2. The molecule has 0 N–H and O–H groups in total. The molecule has 1 aromatic heterocycles. The maximum absolute atomic E-state index is 13.3. The highest BCUT2D eigenvalue weighted by Crippen LogP contribution is 2.34. The van der Waals surface area contributed by atoms with Crippen LogP contribution >= 0.6 is 11.3 Å². The third-order valence-corrected chi connectivity index (χ3v) is 6.45. The molecule has 1 aliphatic heterocycles. The van der Waals surface area contributed by atoms with Crippen molar-refractivity contribution >= 4 is 44.4 Å². The smallest absolute Gasteiger partial charge is 0.270 e. The number of hydrogen-bond donors (Lipinski definition) is 0. The van der Waals surface area contributed by atoms with Crippen LogP contribution in [0.4, 0.5) is 10.8 Å². The van der Waals surface area contributed by atoms with Gasteiger partial charge >= 0.3 is 0 Å². The number of morpholine rings is 1. The Bertz CT molecular complexity index is 1190. The summed E-state index contributed by atoms with van der Waals surface area (Å²) in [7, 11) is 0. The molecule has 2 aromatic carbocycles. The molecule has 1 aliphatic rings. The first-order valence-electron chi connectivity index (χ1n) is 11.1. The van der Waals surface area contributed by atoms with Crippen molar-refractivity contribution < 1.29 is 19.2 Å². The molecule has 1 amide bonds. The fourth-order valence-corrected chi connectivity index (χ4v) is 4.68. The molecule has 9 nitrogen and oxygen atoms in total. The Morgan fingerprint density at radius 1 is 1.29 bits per heavy atom. The molecule has 34 heavy (non-hydrogen) atoms. The van der Waals surface area contributed by atoms with E-state index in [1.807, 2.05) is 25.1 Å². The summed E-state index contributed by atoms with van der Waals surface area (Å²) in [5.41, 5.74) is 1.29. The minimum absolute atomic E-state index is 0.0200. The predicted molar refractivity (Wildman–Crippen MR) is 133 cm³/mol. The van der Waals surface area contributed by atoms with Crippen LogP contribution in [0.3, 0.4) is 0 Å². The third-order valence-electron chi connectivity index (χ3n) is 5.41. The molecule has 0 radical (unpaired) electrons. The second kappa shape index (κ2) is 11.2. The summed E-state index contributed by atoms with van der Waals surface area (Å²) in [5, 5.41) is 11.6. The van der Waals surface area contributed by atoms with Gasteiger partial charge in [0.05, 0.1) is 29.4 Å². The van der Waals surface area contributed by atoms with Gasteiger partial charge in [0, 0.05) is 44.4 Å². The van der Waals surface area contributed by atoms with Crippen LogP contribution in [0.2, 0.25) is 0 Å². The van der Waals surface area contributed by atoms with E-state index in [0.717, 1.165) is 23.3 Å². The van der Waals surface area contributed by atoms with Crippen molar-refractivity contribution in [3.05, 3.63) is 64.2 Å². The molecule has 0 aliphatic carbocycles. The van der Waals surface area contributed by atoms with Crippen LogP contribution < -0.4 is 9.64 Å². The van der Waals surface area contributed by atoms with Crippen molar-refractivity contribution in [2.75, 3.05) is 50.9 Å². The molecule has 10 heteroatoms. The van der Waals surface area contributed by atoms with Crippen molar-refractivity contribution in [2.45, 2.75) is 6.92 Å². The molecular weight excluding hydrogens is 456 g/mol. The Morgan fingerprint density at radius 2 is 2.09 bits per heavy atom. The molecule has 1 saturated heterocycles. The van der Waals surface area contributed by atoms with E-state index in [2.05, 4.69) is 4.90 Å². The van der Waals surface area contributed by atoms with E-state index in [1.54, 1.807) is 23.1 Å². The average Bonchev–Trinajstić information content (AvgIpc) is 3.29. The lowest BCUT2D eigenvalue weighted by molar-refractivity contribution is -0.384. The number of nitro benzene ring substituents is 1. The van der Waals surface area contributed by atoms with Crippen LogP contribution in [-0.4, -0.2) is 66.7 Å². The number of aromatic nitrogens is 1. The Labute approximate surface area is 201 Å². The topological polar surface area (TPSA) is 98.0 Å². The van der Waals surface area contributed by atoms with Crippen molar-refractivity contribution in [2.24, 2.45) is 0 Å².